The van der Waals surface area contributed by atoms with E-state index in [4.69, 9.17) is 16.3 Å². The number of aromatic amines is 1. The molecule has 3 atom stereocenters. The average molecular weight is 389 g/mol. The van der Waals surface area contributed by atoms with E-state index in [1.807, 2.05) is 29.2 Å². The smallest absolute Gasteiger partial charge is 0.285 e. The fraction of sp³-hybridized carbons (Fsp3) is 0.421. The van der Waals surface area contributed by atoms with E-state index in [0.717, 1.165) is 30.7 Å². The van der Waals surface area contributed by atoms with E-state index in [1.165, 1.54) is 0 Å². The van der Waals surface area contributed by atoms with Gasteiger partial charge in [-0.3, -0.25) is 9.59 Å². The summed E-state index contributed by atoms with van der Waals surface area (Å²) in [6.07, 6.45) is 3.22. The van der Waals surface area contributed by atoms with Crippen LogP contribution in [0.5, 0.6) is 5.75 Å². The minimum absolute atomic E-state index is 0.0102. The monoisotopic (exact) mass is 388 g/mol. The Morgan fingerprint density at radius 2 is 2.30 bits per heavy atom. The van der Waals surface area contributed by atoms with Crippen molar-refractivity contribution in [2.24, 2.45) is 5.92 Å². The number of benzene rings is 1. The number of aromatic nitrogens is 2. The predicted octanol–water partition coefficient (Wildman–Crippen LogP) is 1.93. The Bertz CT molecular complexity index is 916. The Kier molecular flexibility index (Phi) is 4.78. The molecule has 27 heavy (non-hydrogen) atoms. The van der Waals surface area contributed by atoms with Gasteiger partial charge in [-0.05, 0) is 36.5 Å². The molecule has 1 amide bonds. The quantitative estimate of drug-likeness (QED) is 0.817. The second kappa shape index (κ2) is 7.23. The normalized spacial score (nSPS) is 23.9. The molecular weight excluding hydrogens is 368 g/mol. The van der Waals surface area contributed by atoms with Crippen LogP contribution in [-0.2, 0) is 4.79 Å². The van der Waals surface area contributed by atoms with Gasteiger partial charge in [-0.1, -0.05) is 23.7 Å². The number of H-pyrrole nitrogens is 1. The van der Waals surface area contributed by atoms with Crippen molar-refractivity contribution < 1.29 is 9.53 Å². The summed E-state index contributed by atoms with van der Waals surface area (Å²) in [6, 6.07) is 7.94. The Balaban J connectivity index is 1.35. The number of hydrogen-bond acceptors (Lipinski definition) is 5. The third-order valence-corrected chi connectivity index (χ3v) is 5.67. The van der Waals surface area contributed by atoms with Crippen molar-refractivity contribution in [3.8, 4) is 5.75 Å². The van der Waals surface area contributed by atoms with Gasteiger partial charge in [0.25, 0.3) is 5.56 Å². The van der Waals surface area contributed by atoms with Crippen molar-refractivity contribution in [2.75, 3.05) is 25.1 Å². The number of nitrogens with one attached hydrogen (secondary N) is 2. The highest BCUT2D eigenvalue weighted by Gasteiger charge is 2.44. The van der Waals surface area contributed by atoms with Crippen molar-refractivity contribution in [3.05, 3.63) is 51.4 Å². The van der Waals surface area contributed by atoms with E-state index >= 15 is 0 Å². The Morgan fingerprint density at radius 1 is 1.44 bits per heavy atom. The van der Waals surface area contributed by atoms with Crippen LogP contribution in [0.15, 0.2) is 35.3 Å². The van der Waals surface area contributed by atoms with Crippen LogP contribution in [-0.4, -0.2) is 42.3 Å². The summed E-state index contributed by atoms with van der Waals surface area (Å²) in [5.74, 6) is 1.16. The number of rotatable bonds is 5. The molecule has 2 N–H and O–H groups in total. The number of nitrogens with zero attached hydrogens (tertiary/aromatic N) is 2. The first-order valence-corrected chi connectivity index (χ1v) is 9.37. The van der Waals surface area contributed by atoms with E-state index in [1.54, 1.807) is 13.3 Å². The summed E-state index contributed by atoms with van der Waals surface area (Å²) in [5.41, 5.74) is 1.35. The van der Waals surface area contributed by atoms with Crippen molar-refractivity contribution in [1.29, 1.82) is 0 Å². The second-order valence-corrected chi connectivity index (χ2v) is 7.44. The van der Waals surface area contributed by atoms with E-state index < -0.39 is 5.56 Å². The van der Waals surface area contributed by atoms with Crippen LogP contribution in [0, 0.1) is 5.92 Å². The molecule has 0 spiro atoms. The van der Waals surface area contributed by atoms with Crippen LogP contribution in [0.3, 0.4) is 0 Å². The zero-order chi connectivity index (χ0) is 19.0. The minimum Gasteiger partial charge on any atom is -0.497 e. The zero-order valence-electron chi connectivity index (χ0n) is 14.9. The predicted molar refractivity (Wildman–Crippen MR) is 102 cm³/mol. The van der Waals surface area contributed by atoms with Crippen LogP contribution in [0.4, 0.5) is 5.69 Å². The minimum atomic E-state index is -0.402. The summed E-state index contributed by atoms with van der Waals surface area (Å²) in [4.78, 5) is 26.2. The molecular formula is C19H21ClN4O3. The summed E-state index contributed by atoms with van der Waals surface area (Å²) >= 11 is 6.08. The highest BCUT2D eigenvalue weighted by Crippen LogP contribution is 2.48. The van der Waals surface area contributed by atoms with Crippen LogP contribution in [0.2, 0.25) is 5.02 Å². The molecule has 2 heterocycles. The van der Waals surface area contributed by atoms with Crippen LogP contribution < -0.4 is 20.5 Å². The van der Waals surface area contributed by atoms with E-state index in [2.05, 4.69) is 15.5 Å². The molecule has 2 aromatic rings. The number of ether oxygens (including phenoxy) is 1. The summed E-state index contributed by atoms with van der Waals surface area (Å²) in [7, 11) is 1.64. The number of carbonyl (C=O) groups is 1. The molecule has 1 unspecified atom stereocenters. The SMILES string of the molecule is COc1cccc([C@@H]2C[C@H]2C(=O)NC2CCN(c3cn[nH]c(=O)c3Cl)C2)c1. The van der Waals surface area contributed by atoms with Gasteiger partial charge in [0, 0.05) is 25.0 Å². The zero-order valence-corrected chi connectivity index (χ0v) is 15.7. The molecule has 1 saturated heterocycles. The lowest BCUT2D eigenvalue weighted by atomic mass is 10.1. The van der Waals surface area contributed by atoms with Crippen molar-refractivity contribution >= 4 is 23.2 Å². The topological polar surface area (TPSA) is 87.3 Å². The summed E-state index contributed by atoms with van der Waals surface area (Å²) in [6.45, 7) is 1.34. The third-order valence-electron chi connectivity index (χ3n) is 5.30. The first kappa shape index (κ1) is 17.9. The van der Waals surface area contributed by atoms with E-state index in [9.17, 15) is 9.59 Å². The lowest BCUT2D eigenvalue weighted by Gasteiger charge is -2.19. The number of carbonyl (C=O) groups excluding carboxylic acids is 1. The lowest BCUT2D eigenvalue weighted by molar-refractivity contribution is -0.123. The molecule has 4 rings (SSSR count). The third kappa shape index (κ3) is 3.64. The Morgan fingerprint density at radius 3 is 3.11 bits per heavy atom. The summed E-state index contributed by atoms with van der Waals surface area (Å²) < 4.78 is 5.26. The molecule has 1 aromatic heterocycles. The van der Waals surface area contributed by atoms with Gasteiger partial charge in [0.1, 0.15) is 10.8 Å². The van der Waals surface area contributed by atoms with E-state index in [-0.39, 0.29) is 28.8 Å². The number of methoxy groups -OCH3 is 1. The molecule has 1 aliphatic heterocycles. The first-order chi connectivity index (χ1) is 13.1. The second-order valence-electron chi connectivity index (χ2n) is 7.06. The Labute approximate surface area is 161 Å². The standard InChI is InChI=1S/C19H21ClN4O3/c1-27-13-4-2-3-11(7-13)14-8-15(14)18(25)22-12-5-6-24(10-12)16-9-21-23-19(26)17(16)20/h2-4,7,9,12,14-15H,5-6,8,10H2,1H3,(H,22,25)(H,23,26)/t12?,14-,15+/m0/s1. The van der Waals surface area contributed by atoms with Crippen LogP contribution in [0.25, 0.3) is 0 Å². The summed E-state index contributed by atoms with van der Waals surface area (Å²) in [5, 5.41) is 9.40. The average Bonchev–Trinajstić information content (AvgIpc) is 3.37. The van der Waals surface area contributed by atoms with Crippen molar-refractivity contribution in [1.82, 2.24) is 15.5 Å². The fourth-order valence-corrected chi connectivity index (χ4v) is 3.94. The number of amides is 1. The molecule has 0 radical (unpaired) electrons. The highest BCUT2D eigenvalue weighted by atomic mass is 35.5. The highest BCUT2D eigenvalue weighted by molar-refractivity contribution is 6.33. The number of hydrogen-bond donors (Lipinski definition) is 2. The van der Waals surface area contributed by atoms with Gasteiger partial charge in [0.2, 0.25) is 5.91 Å². The molecule has 7 nitrogen and oxygen atoms in total. The number of halogens is 1. The molecule has 1 aromatic carbocycles. The first-order valence-electron chi connectivity index (χ1n) is 8.99. The van der Waals surface area contributed by atoms with Gasteiger partial charge >= 0.3 is 0 Å². The largest absolute Gasteiger partial charge is 0.497 e. The van der Waals surface area contributed by atoms with Gasteiger partial charge < -0.3 is 15.0 Å². The number of anilines is 1. The molecule has 142 valence electrons. The van der Waals surface area contributed by atoms with Gasteiger partial charge in [0.15, 0.2) is 0 Å². The van der Waals surface area contributed by atoms with Crippen molar-refractivity contribution in [2.45, 2.75) is 24.8 Å². The maximum absolute atomic E-state index is 12.6. The van der Waals surface area contributed by atoms with Gasteiger partial charge in [0.05, 0.1) is 19.0 Å². The molecule has 1 aliphatic carbocycles. The van der Waals surface area contributed by atoms with Gasteiger partial charge in [-0.15, -0.1) is 0 Å². The lowest BCUT2D eigenvalue weighted by Crippen LogP contribution is -2.38. The van der Waals surface area contributed by atoms with Crippen molar-refractivity contribution in [3.63, 3.8) is 0 Å². The molecule has 0 bridgehead atoms. The fourth-order valence-electron chi connectivity index (χ4n) is 3.73. The van der Waals surface area contributed by atoms with Gasteiger partial charge in [-0.2, -0.15) is 5.10 Å². The van der Waals surface area contributed by atoms with E-state index in [0.29, 0.717) is 12.2 Å². The Hall–Kier alpha value is -2.54. The molecule has 1 saturated carbocycles. The molecule has 2 aliphatic rings. The molecule has 2 fully saturated rings. The maximum Gasteiger partial charge on any atom is 0.285 e. The van der Waals surface area contributed by atoms with Crippen LogP contribution >= 0.6 is 11.6 Å². The molecule has 8 heteroatoms. The maximum atomic E-state index is 12.6. The van der Waals surface area contributed by atoms with Gasteiger partial charge in [-0.25, -0.2) is 5.10 Å². The van der Waals surface area contributed by atoms with Crippen LogP contribution in [0.1, 0.15) is 24.3 Å².